The van der Waals surface area contributed by atoms with Gasteiger partial charge in [-0.15, -0.1) is 0 Å². The molecule has 0 spiro atoms. The molecule has 0 saturated carbocycles. The number of nitrogens with one attached hydrogen (secondary N) is 2. The van der Waals surface area contributed by atoms with E-state index < -0.39 is 5.41 Å². The summed E-state index contributed by atoms with van der Waals surface area (Å²) in [7, 11) is 0. The van der Waals surface area contributed by atoms with Crippen LogP contribution in [0.2, 0.25) is 0 Å². The number of hydrogen-bond donors (Lipinski definition) is 2. The van der Waals surface area contributed by atoms with Gasteiger partial charge in [0.05, 0.1) is 0 Å². The standard InChI is InChI=1S/C22H28N2O3/c1-22(2,3)21(26)23-14-13-20(25)24-15-17-9-11-19(12-10-17)27-16-18-7-5-4-6-8-18/h4-12H,13-16H2,1-3H3,(H,23,26)(H,24,25). The minimum Gasteiger partial charge on any atom is -0.489 e. The summed E-state index contributed by atoms with van der Waals surface area (Å²) in [4.78, 5) is 23.6. The Balaban J connectivity index is 1.68. The van der Waals surface area contributed by atoms with E-state index in [0.29, 0.717) is 19.7 Å². The van der Waals surface area contributed by atoms with Crippen LogP contribution >= 0.6 is 0 Å². The highest BCUT2D eigenvalue weighted by Gasteiger charge is 2.20. The van der Waals surface area contributed by atoms with Gasteiger partial charge in [-0.2, -0.15) is 0 Å². The Morgan fingerprint density at radius 3 is 2.19 bits per heavy atom. The molecule has 2 aromatic carbocycles. The first-order valence-electron chi connectivity index (χ1n) is 9.15. The second kappa shape index (κ2) is 9.76. The molecule has 27 heavy (non-hydrogen) atoms. The number of benzene rings is 2. The number of rotatable bonds is 8. The summed E-state index contributed by atoms with van der Waals surface area (Å²) < 4.78 is 5.75. The fourth-order valence-corrected chi connectivity index (χ4v) is 2.29. The van der Waals surface area contributed by atoms with Crippen LogP contribution in [-0.2, 0) is 22.7 Å². The van der Waals surface area contributed by atoms with E-state index in [1.807, 2.05) is 75.4 Å². The van der Waals surface area contributed by atoms with Crippen LogP contribution in [0.4, 0.5) is 0 Å². The number of amides is 2. The molecule has 0 atom stereocenters. The van der Waals surface area contributed by atoms with Gasteiger partial charge in [-0.25, -0.2) is 0 Å². The van der Waals surface area contributed by atoms with Crippen LogP contribution in [0.25, 0.3) is 0 Å². The summed E-state index contributed by atoms with van der Waals surface area (Å²) in [6, 6.07) is 17.6. The summed E-state index contributed by atoms with van der Waals surface area (Å²) in [5, 5.41) is 5.63. The third-order valence-electron chi connectivity index (χ3n) is 3.98. The van der Waals surface area contributed by atoms with Crippen molar-refractivity contribution in [3.8, 4) is 5.75 Å². The highest BCUT2D eigenvalue weighted by Crippen LogP contribution is 2.14. The topological polar surface area (TPSA) is 67.4 Å². The van der Waals surface area contributed by atoms with Crippen LogP contribution in [0.15, 0.2) is 54.6 Å². The second-order valence-electron chi connectivity index (χ2n) is 7.45. The van der Waals surface area contributed by atoms with Crippen LogP contribution in [0, 0.1) is 5.41 Å². The monoisotopic (exact) mass is 368 g/mol. The quantitative estimate of drug-likeness (QED) is 0.750. The number of carbonyl (C=O) groups excluding carboxylic acids is 2. The van der Waals surface area contributed by atoms with Gasteiger partial charge < -0.3 is 15.4 Å². The van der Waals surface area contributed by atoms with Crippen LogP contribution < -0.4 is 15.4 Å². The van der Waals surface area contributed by atoms with Gasteiger partial charge in [0.1, 0.15) is 12.4 Å². The average molecular weight is 368 g/mol. The Hall–Kier alpha value is -2.82. The molecule has 0 aliphatic carbocycles. The van der Waals surface area contributed by atoms with Gasteiger partial charge in [-0.1, -0.05) is 63.2 Å². The molecule has 144 valence electrons. The van der Waals surface area contributed by atoms with E-state index in [1.54, 1.807) is 0 Å². The molecule has 0 saturated heterocycles. The summed E-state index contributed by atoms with van der Waals surface area (Å²) in [6.45, 7) is 6.84. The molecule has 0 aromatic heterocycles. The predicted molar refractivity (Wildman–Crippen MR) is 106 cm³/mol. The molecule has 0 radical (unpaired) electrons. The molecular weight excluding hydrogens is 340 g/mol. The second-order valence-corrected chi connectivity index (χ2v) is 7.45. The van der Waals surface area contributed by atoms with E-state index in [2.05, 4.69) is 10.6 Å². The highest BCUT2D eigenvalue weighted by molar-refractivity contribution is 5.82. The smallest absolute Gasteiger partial charge is 0.225 e. The molecule has 0 heterocycles. The third-order valence-corrected chi connectivity index (χ3v) is 3.98. The van der Waals surface area contributed by atoms with Gasteiger partial charge in [0.2, 0.25) is 11.8 Å². The molecule has 0 fully saturated rings. The molecule has 2 aromatic rings. The molecule has 5 nitrogen and oxygen atoms in total. The van der Waals surface area contributed by atoms with Crippen molar-refractivity contribution < 1.29 is 14.3 Å². The molecule has 0 aliphatic heterocycles. The Morgan fingerprint density at radius 1 is 0.889 bits per heavy atom. The third kappa shape index (κ3) is 7.52. The number of hydrogen-bond acceptors (Lipinski definition) is 3. The lowest BCUT2D eigenvalue weighted by molar-refractivity contribution is -0.128. The van der Waals surface area contributed by atoms with Gasteiger partial charge in [0, 0.05) is 24.9 Å². The Labute approximate surface area is 161 Å². The van der Waals surface area contributed by atoms with Crippen LogP contribution in [-0.4, -0.2) is 18.4 Å². The summed E-state index contributed by atoms with van der Waals surface area (Å²) in [5.74, 6) is 0.647. The molecule has 0 aliphatic rings. The zero-order chi connectivity index (χ0) is 19.7. The molecule has 2 amide bonds. The summed E-state index contributed by atoms with van der Waals surface area (Å²) in [5.41, 5.74) is 1.67. The zero-order valence-corrected chi connectivity index (χ0v) is 16.2. The molecule has 0 bridgehead atoms. The van der Waals surface area contributed by atoms with E-state index in [-0.39, 0.29) is 18.2 Å². The van der Waals surface area contributed by atoms with Crippen LogP contribution in [0.1, 0.15) is 38.3 Å². The first-order chi connectivity index (χ1) is 12.8. The van der Waals surface area contributed by atoms with Crippen molar-refractivity contribution in [1.82, 2.24) is 10.6 Å². The fraction of sp³-hybridized carbons (Fsp3) is 0.364. The van der Waals surface area contributed by atoms with Crippen LogP contribution in [0.5, 0.6) is 5.75 Å². The maximum Gasteiger partial charge on any atom is 0.225 e. The Morgan fingerprint density at radius 2 is 1.56 bits per heavy atom. The molecular formula is C22H28N2O3. The first-order valence-corrected chi connectivity index (χ1v) is 9.15. The Bertz CT molecular complexity index is 734. The lowest BCUT2D eigenvalue weighted by Gasteiger charge is -2.17. The van der Waals surface area contributed by atoms with E-state index in [0.717, 1.165) is 16.9 Å². The van der Waals surface area contributed by atoms with Gasteiger partial charge >= 0.3 is 0 Å². The van der Waals surface area contributed by atoms with E-state index in [4.69, 9.17) is 4.74 Å². The van der Waals surface area contributed by atoms with E-state index in [1.165, 1.54) is 0 Å². The lowest BCUT2D eigenvalue weighted by Crippen LogP contribution is -2.37. The van der Waals surface area contributed by atoms with E-state index >= 15 is 0 Å². The van der Waals surface area contributed by atoms with Crippen molar-refractivity contribution in [2.24, 2.45) is 5.41 Å². The van der Waals surface area contributed by atoms with Gasteiger partial charge in [-0.3, -0.25) is 9.59 Å². The predicted octanol–water partition coefficient (Wildman–Crippen LogP) is 3.43. The van der Waals surface area contributed by atoms with Crippen LogP contribution in [0.3, 0.4) is 0 Å². The highest BCUT2D eigenvalue weighted by atomic mass is 16.5. The molecule has 0 unspecified atom stereocenters. The van der Waals surface area contributed by atoms with Gasteiger partial charge in [-0.05, 0) is 23.3 Å². The minimum absolute atomic E-state index is 0.0543. The first kappa shape index (κ1) is 20.5. The lowest BCUT2D eigenvalue weighted by atomic mass is 9.96. The average Bonchev–Trinajstić information content (AvgIpc) is 2.65. The van der Waals surface area contributed by atoms with E-state index in [9.17, 15) is 9.59 Å². The molecule has 5 heteroatoms. The molecule has 2 N–H and O–H groups in total. The fourth-order valence-electron chi connectivity index (χ4n) is 2.29. The van der Waals surface area contributed by atoms with Crippen molar-refractivity contribution in [3.05, 3.63) is 65.7 Å². The van der Waals surface area contributed by atoms with Crippen molar-refractivity contribution in [1.29, 1.82) is 0 Å². The van der Waals surface area contributed by atoms with Crippen molar-refractivity contribution >= 4 is 11.8 Å². The maximum atomic E-state index is 11.9. The largest absolute Gasteiger partial charge is 0.489 e. The van der Waals surface area contributed by atoms with Crippen molar-refractivity contribution in [2.45, 2.75) is 40.3 Å². The van der Waals surface area contributed by atoms with Gasteiger partial charge in [0.15, 0.2) is 0 Å². The summed E-state index contributed by atoms with van der Waals surface area (Å²) >= 11 is 0. The van der Waals surface area contributed by atoms with Crippen molar-refractivity contribution in [2.75, 3.05) is 6.54 Å². The number of carbonyl (C=O) groups is 2. The molecule has 2 rings (SSSR count). The van der Waals surface area contributed by atoms with Gasteiger partial charge in [0.25, 0.3) is 0 Å². The SMILES string of the molecule is CC(C)(C)C(=O)NCCC(=O)NCc1ccc(OCc2ccccc2)cc1. The number of ether oxygens (including phenoxy) is 1. The minimum atomic E-state index is -0.444. The van der Waals surface area contributed by atoms with Crippen molar-refractivity contribution in [3.63, 3.8) is 0 Å². The zero-order valence-electron chi connectivity index (χ0n) is 16.2. The Kier molecular flexibility index (Phi) is 7.41. The maximum absolute atomic E-state index is 11.9. The summed E-state index contributed by atoms with van der Waals surface area (Å²) in [6.07, 6.45) is 0.264. The normalized spacial score (nSPS) is 10.9.